The third kappa shape index (κ3) is 3.87. The van der Waals surface area contributed by atoms with E-state index < -0.39 is 12.0 Å². The van der Waals surface area contributed by atoms with E-state index in [0.717, 1.165) is 0 Å². The molecule has 0 aliphatic heterocycles. The van der Waals surface area contributed by atoms with Gasteiger partial charge >= 0.3 is 12.0 Å². The Kier molecular flexibility index (Phi) is 4.30. The van der Waals surface area contributed by atoms with Crippen LogP contribution in [0.1, 0.15) is 10.4 Å². The Morgan fingerprint density at radius 2 is 1.67 bits per heavy atom. The minimum Gasteiger partial charge on any atom is -0.508 e. The highest BCUT2D eigenvalue weighted by atomic mass is 35.5. The van der Waals surface area contributed by atoms with Gasteiger partial charge in [-0.3, -0.25) is 0 Å². The van der Waals surface area contributed by atoms with Gasteiger partial charge in [-0.25, -0.2) is 9.59 Å². The van der Waals surface area contributed by atoms with Gasteiger partial charge in [0.25, 0.3) is 0 Å². The lowest BCUT2D eigenvalue weighted by atomic mass is 10.2. The largest absolute Gasteiger partial charge is 0.508 e. The molecule has 0 radical (unpaired) electrons. The van der Waals surface area contributed by atoms with Crippen LogP contribution in [0.5, 0.6) is 5.75 Å². The molecule has 0 aliphatic rings. The van der Waals surface area contributed by atoms with Crippen molar-refractivity contribution < 1.29 is 19.8 Å². The van der Waals surface area contributed by atoms with Gasteiger partial charge < -0.3 is 20.8 Å². The lowest BCUT2D eigenvalue weighted by Crippen LogP contribution is -2.21. The van der Waals surface area contributed by atoms with Gasteiger partial charge in [0.15, 0.2) is 0 Å². The predicted molar refractivity (Wildman–Crippen MR) is 79.2 cm³/mol. The van der Waals surface area contributed by atoms with Crippen molar-refractivity contribution in [3.05, 3.63) is 53.1 Å². The van der Waals surface area contributed by atoms with E-state index in [1.807, 2.05) is 0 Å². The summed E-state index contributed by atoms with van der Waals surface area (Å²) in [5, 5.41) is 23.4. The number of rotatable bonds is 3. The number of carboxylic acids is 1. The molecular formula is C14H11ClN2O4. The summed E-state index contributed by atoms with van der Waals surface area (Å²) in [7, 11) is 0. The third-order valence-electron chi connectivity index (χ3n) is 2.59. The molecule has 0 heterocycles. The number of carbonyl (C=O) groups is 2. The summed E-state index contributed by atoms with van der Waals surface area (Å²) >= 11 is 5.79. The number of benzene rings is 2. The molecule has 2 amide bonds. The normalized spacial score (nSPS) is 9.95. The number of carboxylic acid groups (broad SMARTS) is 1. The first kappa shape index (κ1) is 14.7. The molecule has 0 spiro atoms. The van der Waals surface area contributed by atoms with Gasteiger partial charge in [-0.15, -0.1) is 0 Å². The Hall–Kier alpha value is -2.73. The van der Waals surface area contributed by atoms with Crippen molar-refractivity contribution in [1.82, 2.24) is 0 Å². The van der Waals surface area contributed by atoms with Crippen LogP contribution >= 0.6 is 11.6 Å². The fourth-order valence-electron chi connectivity index (χ4n) is 1.64. The fourth-order valence-corrected chi connectivity index (χ4v) is 1.81. The van der Waals surface area contributed by atoms with Crippen LogP contribution in [0.4, 0.5) is 16.2 Å². The molecule has 0 fully saturated rings. The van der Waals surface area contributed by atoms with Crippen molar-refractivity contribution in [3.63, 3.8) is 0 Å². The number of aromatic carboxylic acids is 1. The van der Waals surface area contributed by atoms with Gasteiger partial charge in [0.2, 0.25) is 0 Å². The molecule has 21 heavy (non-hydrogen) atoms. The summed E-state index contributed by atoms with van der Waals surface area (Å²) in [6, 6.07) is 9.30. The number of amides is 2. The zero-order valence-electron chi connectivity index (χ0n) is 10.6. The van der Waals surface area contributed by atoms with Crippen LogP contribution in [0, 0.1) is 0 Å². The molecule has 0 aromatic heterocycles. The van der Waals surface area contributed by atoms with Crippen LogP contribution in [0.3, 0.4) is 0 Å². The lowest BCUT2D eigenvalue weighted by molar-refractivity contribution is 0.0698. The average molecular weight is 307 g/mol. The van der Waals surface area contributed by atoms with E-state index in [2.05, 4.69) is 10.6 Å². The monoisotopic (exact) mass is 306 g/mol. The molecule has 6 nitrogen and oxygen atoms in total. The van der Waals surface area contributed by atoms with Crippen molar-refractivity contribution >= 4 is 35.0 Å². The summed E-state index contributed by atoms with van der Waals surface area (Å²) in [4.78, 5) is 22.9. The maximum absolute atomic E-state index is 11.8. The molecule has 0 aliphatic carbocycles. The van der Waals surface area contributed by atoms with Crippen molar-refractivity contribution in [2.24, 2.45) is 0 Å². The first-order valence-corrected chi connectivity index (χ1v) is 6.23. The topological polar surface area (TPSA) is 98.7 Å². The van der Waals surface area contributed by atoms with Crippen LogP contribution < -0.4 is 10.6 Å². The third-order valence-corrected chi connectivity index (χ3v) is 2.82. The second kappa shape index (κ2) is 6.15. The highest BCUT2D eigenvalue weighted by molar-refractivity contribution is 6.31. The fraction of sp³-hybridized carbons (Fsp3) is 0. The summed E-state index contributed by atoms with van der Waals surface area (Å²) in [6.45, 7) is 0. The molecular weight excluding hydrogens is 296 g/mol. The minimum absolute atomic E-state index is 0.0692. The molecule has 4 N–H and O–H groups in total. The highest BCUT2D eigenvalue weighted by Crippen LogP contribution is 2.21. The number of aromatic hydroxyl groups is 1. The first-order valence-electron chi connectivity index (χ1n) is 5.85. The van der Waals surface area contributed by atoms with Gasteiger partial charge in [0.05, 0.1) is 11.3 Å². The van der Waals surface area contributed by atoms with Crippen LogP contribution in [0.15, 0.2) is 42.5 Å². The van der Waals surface area contributed by atoms with E-state index in [-0.39, 0.29) is 17.0 Å². The maximum atomic E-state index is 11.8. The number of phenolic OH excluding ortho intramolecular Hbond substituents is 1. The summed E-state index contributed by atoms with van der Waals surface area (Å²) < 4.78 is 0. The number of carbonyl (C=O) groups excluding carboxylic acids is 1. The molecule has 2 aromatic rings. The highest BCUT2D eigenvalue weighted by Gasteiger charge is 2.13. The summed E-state index contributed by atoms with van der Waals surface area (Å²) in [5.74, 6) is -1.10. The second-order valence-electron chi connectivity index (χ2n) is 4.12. The zero-order chi connectivity index (χ0) is 15.4. The zero-order valence-corrected chi connectivity index (χ0v) is 11.4. The standard InChI is InChI=1S/C14H11ClN2O4/c15-8-1-6-11(13(19)20)12(7-8)17-14(21)16-9-2-4-10(18)5-3-9/h1-7,18H,(H,19,20)(H2,16,17,21). The van der Waals surface area contributed by atoms with Gasteiger partial charge in [-0.05, 0) is 42.5 Å². The molecule has 2 rings (SSSR count). The Balaban J connectivity index is 2.14. The molecule has 0 atom stereocenters. The Bertz CT molecular complexity index is 686. The summed E-state index contributed by atoms with van der Waals surface area (Å²) in [5.41, 5.74) is 0.468. The van der Waals surface area contributed by atoms with Gasteiger partial charge in [-0.2, -0.15) is 0 Å². The van der Waals surface area contributed by atoms with Gasteiger partial charge in [0.1, 0.15) is 5.75 Å². The average Bonchev–Trinajstić information content (AvgIpc) is 2.41. The Labute approximate surface area is 125 Å². The van der Waals surface area contributed by atoms with E-state index in [1.54, 1.807) is 0 Å². The number of halogens is 1. The maximum Gasteiger partial charge on any atom is 0.337 e. The van der Waals surface area contributed by atoms with Crippen molar-refractivity contribution in [2.75, 3.05) is 10.6 Å². The summed E-state index contributed by atoms with van der Waals surface area (Å²) in [6.07, 6.45) is 0. The van der Waals surface area contributed by atoms with Crippen molar-refractivity contribution in [1.29, 1.82) is 0 Å². The SMILES string of the molecule is O=C(Nc1ccc(O)cc1)Nc1cc(Cl)ccc1C(=O)O. The van der Waals surface area contributed by atoms with E-state index in [1.165, 1.54) is 42.5 Å². The number of urea groups is 1. The van der Waals surface area contributed by atoms with E-state index in [9.17, 15) is 9.59 Å². The van der Waals surface area contributed by atoms with E-state index >= 15 is 0 Å². The first-order chi connectivity index (χ1) is 9.95. The van der Waals surface area contributed by atoms with Gasteiger partial charge in [-0.1, -0.05) is 11.6 Å². The van der Waals surface area contributed by atoms with E-state index in [0.29, 0.717) is 10.7 Å². The molecule has 0 saturated heterocycles. The smallest absolute Gasteiger partial charge is 0.337 e. The lowest BCUT2D eigenvalue weighted by Gasteiger charge is -2.10. The number of nitrogens with one attached hydrogen (secondary N) is 2. The van der Waals surface area contributed by atoms with Crippen LogP contribution in [-0.4, -0.2) is 22.2 Å². The Morgan fingerprint density at radius 3 is 2.29 bits per heavy atom. The van der Waals surface area contributed by atoms with Crippen LogP contribution in [0.2, 0.25) is 5.02 Å². The quantitative estimate of drug-likeness (QED) is 0.653. The molecule has 7 heteroatoms. The second-order valence-corrected chi connectivity index (χ2v) is 4.56. The molecule has 0 saturated carbocycles. The molecule has 0 bridgehead atoms. The van der Waals surface area contributed by atoms with Crippen molar-refractivity contribution in [2.45, 2.75) is 0 Å². The number of hydrogen-bond donors (Lipinski definition) is 4. The molecule has 0 unspecified atom stereocenters. The minimum atomic E-state index is -1.17. The number of anilines is 2. The van der Waals surface area contributed by atoms with Crippen LogP contribution in [0.25, 0.3) is 0 Å². The number of hydrogen-bond acceptors (Lipinski definition) is 3. The molecule has 108 valence electrons. The van der Waals surface area contributed by atoms with Crippen molar-refractivity contribution in [3.8, 4) is 5.75 Å². The predicted octanol–water partition coefficient (Wildman–Crippen LogP) is 3.39. The van der Waals surface area contributed by atoms with Crippen LogP contribution in [-0.2, 0) is 0 Å². The van der Waals surface area contributed by atoms with Gasteiger partial charge in [0, 0.05) is 10.7 Å². The van der Waals surface area contributed by atoms with E-state index in [4.69, 9.17) is 21.8 Å². The Morgan fingerprint density at radius 1 is 1.00 bits per heavy atom. The molecule has 2 aromatic carbocycles. The number of phenols is 1.